The Kier molecular flexibility index (Phi) is 5.47. The molecule has 9 heteroatoms. The fraction of sp³-hybridized carbons (Fsp3) is 0.222. The second kappa shape index (κ2) is 6.25. The standard InChI is InChI=1S/C9H6Br3F3N2O/c10-4-1-5(11)7(6(12)2-4)17-8(18)16-3-9(13,14)15/h1-2H,3H2,(H2,16,17,18). The lowest BCUT2D eigenvalue weighted by molar-refractivity contribution is -0.122. The Morgan fingerprint density at radius 3 is 2.11 bits per heavy atom. The Labute approximate surface area is 126 Å². The molecule has 1 aromatic carbocycles. The van der Waals surface area contributed by atoms with Gasteiger partial charge in [0.05, 0.1) is 5.69 Å². The number of benzene rings is 1. The van der Waals surface area contributed by atoms with Gasteiger partial charge < -0.3 is 10.6 Å². The number of nitrogens with one attached hydrogen (secondary N) is 2. The van der Waals surface area contributed by atoms with E-state index >= 15 is 0 Å². The average Bonchev–Trinajstić information content (AvgIpc) is 2.19. The lowest BCUT2D eigenvalue weighted by Gasteiger charge is -2.12. The first-order valence-corrected chi connectivity index (χ1v) is 6.83. The quantitative estimate of drug-likeness (QED) is 0.670. The van der Waals surface area contributed by atoms with Crippen molar-refractivity contribution in [1.29, 1.82) is 0 Å². The van der Waals surface area contributed by atoms with Gasteiger partial charge in [-0.1, -0.05) is 15.9 Å². The molecule has 0 atom stereocenters. The fourth-order valence-corrected chi connectivity index (χ4v) is 3.46. The van der Waals surface area contributed by atoms with Crippen LogP contribution in [0.1, 0.15) is 0 Å². The van der Waals surface area contributed by atoms with Gasteiger partial charge >= 0.3 is 12.2 Å². The third kappa shape index (κ3) is 5.15. The van der Waals surface area contributed by atoms with E-state index in [0.717, 1.165) is 4.47 Å². The van der Waals surface area contributed by atoms with Crippen molar-refractivity contribution in [2.75, 3.05) is 11.9 Å². The van der Waals surface area contributed by atoms with Crippen LogP contribution in [0.25, 0.3) is 0 Å². The number of hydrogen-bond donors (Lipinski definition) is 2. The van der Waals surface area contributed by atoms with Crippen LogP contribution >= 0.6 is 47.8 Å². The predicted molar refractivity (Wildman–Crippen MR) is 72.6 cm³/mol. The molecule has 0 aromatic heterocycles. The van der Waals surface area contributed by atoms with E-state index in [1.807, 2.05) is 0 Å². The molecule has 0 aliphatic carbocycles. The van der Waals surface area contributed by atoms with Crippen LogP contribution in [-0.4, -0.2) is 18.8 Å². The number of rotatable bonds is 2. The summed E-state index contributed by atoms with van der Waals surface area (Å²) >= 11 is 9.62. The molecule has 0 radical (unpaired) electrons. The van der Waals surface area contributed by atoms with Gasteiger partial charge in [-0.3, -0.25) is 0 Å². The first kappa shape index (κ1) is 15.8. The Morgan fingerprint density at radius 1 is 1.17 bits per heavy atom. The monoisotopic (exact) mass is 452 g/mol. The normalized spacial score (nSPS) is 11.2. The molecule has 2 amide bonds. The maximum atomic E-state index is 11.9. The van der Waals surface area contributed by atoms with Crippen molar-refractivity contribution >= 4 is 59.5 Å². The van der Waals surface area contributed by atoms with Crippen molar-refractivity contribution in [2.24, 2.45) is 0 Å². The van der Waals surface area contributed by atoms with Crippen molar-refractivity contribution in [2.45, 2.75) is 6.18 Å². The topological polar surface area (TPSA) is 41.1 Å². The third-order valence-electron chi connectivity index (χ3n) is 1.69. The molecule has 0 aliphatic heterocycles. The van der Waals surface area contributed by atoms with Gasteiger partial charge in [0.25, 0.3) is 0 Å². The van der Waals surface area contributed by atoms with Crippen LogP contribution < -0.4 is 10.6 Å². The minimum atomic E-state index is -4.44. The molecule has 0 spiro atoms. The first-order chi connectivity index (χ1) is 8.19. The summed E-state index contributed by atoms with van der Waals surface area (Å²) in [6, 6.07) is 2.38. The van der Waals surface area contributed by atoms with Crippen LogP contribution in [0.3, 0.4) is 0 Å². The van der Waals surface area contributed by atoms with Gasteiger partial charge in [0, 0.05) is 13.4 Å². The second-order valence-corrected chi connectivity index (χ2v) is 5.79. The summed E-state index contributed by atoms with van der Waals surface area (Å²) in [6.45, 7) is -1.38. The number of anilines is 1. The van der Waals surface area contributed by atoms with Crippen molar-refractivity contribution in [3.63, 3.8) is 0 Å². The van der Waals surface area contributed by atoms with Gasteiger partial charge in [-0.05, 0) is 44.0 Å². The predicted octanol–water partition coefficient (Wildman–Crippen LogP) is 4.66. The molecule has 100 valence electrons. The zero-order chi connectivity index (χ0) is 13.9. The van der Waals surface area contributed by atoms with Crippen LogP contribution in [0.4, 0.5) is 23.7 Å². The summed E-state index contributed by atoms with van der Waals surface area (Å²) in [5, 5.41) is 4.03. The highest BCUT2D eigenvalue weighted by molar-refractivity contribution is 9.11. The van der Waals surface area contributed by atoms with E-state index < -0.39 is 18.8 Å². The van der Waals surface area contributed by atoms with Crippen LogP contribution in [0.2, 0.25) is 0 Å². The molecular formula is C9H6Br3F3N2O. The summed E-state index contributed by atoms with van der Waals surface area (Å²) in [5.41, 5.74) is 0.345. The van der Waals surface area contributed by atoms with E-state index in [1.165, 1.54) is 0 Å². The van der Waals surface area contributed by atoms with E-state index in [1.54, 1.807) is 17.4 Å². The summed E-state index contributed by atoms with van der Waals surface area (Å²) in [5.74, 6) is 0. The van der Waals surface area contributed by atoms with E-state index in [0.29, 0.717) is 14.6 Å². The molecule has 18 heavy (non-hydrogen) atoms. The van der Waals surface area contributed by atoms with Crippen LogP contribution in [0.15, 0.2) is 25.6 Å². The summed E-state index contributed by atoms with van der Waals surface area (Å²) in [6.07, 6.45) is -4.44. The highest BCUT2D eigenvalue weighted by atomic mass is 79.9. The molecule has 0 saturated heterocycles. The van der Waals surface area contributed by atoms with Crippen molar-refractivity contribution in [3.05, 3.63) is 25.6 Å². The highest BCUT2D eigenvalue weighted by Crippen LogP contribution is 2.34. The average molecular weight is 455 g/mol. The molecule has 1 rings (SSSR count). The molecule has 0 bridgehead atoms. The smallest absolute Gasteiger partial charge is 0.329 e. The van der Waals surface area contributed by atoms with Crippen molar-refractivity contribution in [1.82, 2.24) is 5.32 Å². The lowest BCUT2D eigenvalue weighted by Crippen LogP contribution is -2.36. The van der Waals surface area contributed by atoms with Gasteiger partial charge in [0.1, 0.15) is 6.54 Å². The largest absolute Gasteiger partial charge is 0.405 e. The van der Waals surface area contributed by atoms with Crippen LogP contribution in [0.5, 0.6) is 0 Å². The Hall–Kier alpha value is -0.280. The summed E-state index contributed by atoms with van der Waals surface area (Å²) in [4.78, 5) is 11.3. The molecule has 0 heterocycles. The maximum Gasteiger partial charge on any atom is 0.405 e. The van der Waals surface area contributed by atoms with Crippen molar-refractivity contribution in [3.8, 4) is 0 Å². The zero-order valence-electron chi connectivity index (χ0n) is 8.54. The highest BCUT2D eigenvalue weighted by Gasteiger charge is 2.27. The summed E-state index contributed by atoms with van der Waals surface area (Å²) < 4.78 is 37.5. The molecule has 0 saturated carbocycles. The lowest BCUT2D eigenvalue weighted by atomic mass is 10.3. The van der Waals surface area contributed by atoms with E-state index in [2.05, 4.69) is 53.1 Å². The molecule has 2 N–H and O–H groups in total. The van der Waals surface area contributed by atoms with Gasteiger partial charge in [-0.2, -0.15) is 13.2 Å². The van der Waals surface area contributed by atoms with E-state index in [-0.39, 0.29) is 0 Å². The number of alkyl halides is 3. The number of halogens is 6. The molecule has 1 aromatic rings. The van der Waals surface area contributed by atoms with E-state index in [9.17, 15) is 18.0 Å². The fourth-order valence-electron chi connectivity index (χ4n) is 1.000. The molecule has 3 nitrogen and oxygen atoms in total. The minimum Gasteiger partial charge on any atom is -0.329 e. The zero-order valence-corrected chi connectivity index (χ0v) is 13.3. The number of carbonyl (C=O) groups excluding carboxylic acids is 1. The minimum absolute atomic E-state index is 0.345. The molecular weight excluding hydrogens is 449 g/mol. The Bertz CT molecular complexity index is 442. The van der Waals surface area contributed by atoms with Gasteiger partial charge in [-0.25, -0.2) is 4.79 Å². The van der Waals surface area contributed by atoms with E-state index in [4.69, 9.17) is 0 Å². The number of hydrogen-bond acceptors (Lipinski definition) is 1. The number of amides is 2. The van der Waals surface area contributed by atoms with Gasteiger partial charge in [0.15, 0.2) is 0 Å². The van der Waals surface area contributed by atoms with Crippen LogP contribution in [-0.2, 0) is 0 Å². The second-order valence-electron chi connectivity index (χ2n) is 3.17. The molecule has 0 fully saturated rings. The Morgan fingerprint density at radius 2 is 1.67 bits per heavy atom. The first-order valence-electron chi connectivity index (χ1n) is 4.45. The summed E-state index contributed by atoms with van der Waals surface area (Å²) in [7, 11) is 0. The van der Waals surface area contributed by atoms with Gasteiger partial charge in [0.2, 0.25) is 0 Å². The molecule has 0 unspecified atom stereocenters. The number of carbonyl (C=O) groups is 1. The van der Waals surface area contributed by atoms with Gasteiger partial charge in [-0.15, -0.1) is 0 Å². The van der Waals surface area contributed by atoms with Crippen molar-refractivity contribution < 1.29 is 18.0 Å². The van der Waals surface area contributed by atoms with Crippen LogP contribution in [0, 0.1) is 0 Å². The number of urea groups is 1. The third-order valence-corrected chi connectivity index (χ3v) is 3.40. The SMILES string of the molecule is O=C(NCC(F)(F)F)Nc1c(Br)cc(Br)cc1Br. The molecule has 0 aliphatic rings. The maximum absolute atomic E-state index is 11.9. The Balaban J connectivity index is 2.71.